The van der Waals surface area contributed by atoms with Gasteiger partial charge in [0.1, 0.15) is 13.2 Å². The van der Waals surface area contributed by atoms with Crippen molar-refractivity contribution in [1.82, 2.24) is 4.90 Å². The van der Waals surface area contributed by atoms with Gasteiger partial charge in [-0.05, 0) is 40.5 Å². The molecule has 2 aliphatic heterocycles. The molecule has 0 aliphatic carbocycles. The first-order valence-electron chi connectivity index (χ1n) is 6.36. The van der Waals surface area contributed by atoms with E-state index in [0.717, 1.165) is 28.1 Å². The van der Waals surface area contributed by atoms with E-state index in [4.69, 9.17) is 15.2 Å². The zero-order chi connectivity index (χ0) is 13.4. The van der Waals surface area contributed by atoms with Crippen molar-refractivity contribution in [1.29, 1.82) is 0 Å². The molecule has 1 aromatic rings. The topological polar surface area (TPSA) is 60.1 Å². The first-order valence-corrected chi connectivity index (χ1v) is 7.15. The number of nitrogens with two attached hydrogens (primary N) is 1. The molecule has 2 heterocycles. The number of nitrogens with zero attached hydrogens (tertiary/aromatic N) is 2. The van der Waals surface area contributed by atoms with E-state index in [0.29, 0.717) is 25.7 Å². The Bertz CT molecular complexity index is 533. The summed E-state index contributed by atoms with van der Waals surface area (Å²) < 4.78 is 12.2. The molecule has 0 saturated carbocycles. The molecule has 6 heteroatoms. The molecule has 1 aromatic carbocycles. The average Bonchev–Trinajstić information content (AvgIpc) is 2.80. The Morgan fingerprint density at radius 2 is 2.21 bits per heavy atom. The second kappa shape index (κ2) is 4.92. The van der Waals surface area contributed by atoms with Crippen molar-refractivity contribution in [2.45, 2.75) is 13.0 Å². The van der Waals surface area contributed by atoms with Gasteiger partial charge in [-0.1, -0.05) is 0 Å². The summed E-state index contributed by atoms with van der Waals surface area (Å²) in [5.74, 6) is 2.18. The molecule has 0 amide bonds. The fraction of sp³-hybridized carbons (Fsp3) is 0.462. The summed E-state index contributed by atoms with van der Waals surface area (Å²) in [6.07, 6.45) is 0. The molecule has 0 aromatic heterocycles. The Kier molecular flexibility index (Phi) is 3.26. The highest BCUT2D eigenvalue weighted by Gasteiger charge is 2.28. The predicted molar refractivity (Wildman–Crippen MR) is 76.7 cm³/mol. The highest BCUT2D eigenvalue weighted by atomic mass is 79.9. The van der Waals surface area contributed by atoms with Crippen LogP contribution in [0.15, 0.2) is 21.6 Å². The number of fused-ring (bicyclic) bond motifs is 1. The van der Waals surface area contributed by atoms with E-state index in [1.807, 2.05) is 6.07 Å². The van der Waals surface area contributed by atoms with E-state index in [1.54, 1.807) is 0 Å². The fourth-order valence-electron chi connectivity index (χ4n) is 2.52. The summed E-state index contributed by atoms with van der Waals surface area (Å²) in [7, 11) is 0. The maximum atomic E-state index is 5.90. The van der Waals surface area contributed by atoms with E-state index in [-0.39, 0.29) is 6.04 Å². The van der Waals surface area contributed by atoms with Gasteiger partial charge in [-0.25, -0.2) is 0 Å². The van der Waals surface area contributed by atoms with Gasteiger partial charge in [0.2, 0.25) is 0 Å². The summed E-state index contributed by atoms with van der Waals surface area (Å²) in [5, 5.41) is 0. The lowest BCUT2D eigenvalue weighted by Gasteiger charge is -2.27. The van der Waals surface area contributed by atoms with Crippen molar-refractivity contribution in [2.24, 2.45) is 10.7 Å². The van der Waals surface area contributed by atoms with Crippen LogP contribution in [0.4, 0.5) is 0 Å². The molecule has 5 nitrogen and oxygen atoms in total. The Balaban J connectivity index is 1.96. The highest BCUT2D eigenvalue weighted by molar-refractivity contribution is 9.10. The van der Waals surface area contributed by atoms with Crippen molar-refractivity contribution < 1.29 is 9.47 Å². The van der Waals surface area contributed by atoms with Gasteiger partial charge in [0.25, 0.3) is 0 Å². The van der Waals surface area contributed by atoms with Crippen LogP contribution in [0.2, 0.25) is 0 Å². The highest BCUT2D eigenvalue weighted by Crippen LogP contribution is 2.41. The molecule has 3 rings (SSSR count). The number of ether oxygens (including phenoxy) is 2. The number of guanidine groups is 1. The number of aliphatic imine (C=N–C) groups is 1. The summed E-state index contributed by atoms with van der Waals surface area (Å²) in [5.41, 5.74) is 7.04. The standard InChI is InChI=1S/C13H16BrN3O2/c1-2-17-10(7-16-13(17)15)8-5-9(14)12-11(6-8)18-3-4-19-12/h5-6,10H,2-4,7H2,1H3,(H2,15,16). The first-order chi connectivity index (χ1) is 9.20. The SMILES string of the molecule is CCN1C(N)=NCC1c1cc(Br)c2c(c1)OCCO2. The second-order valence-electron chi connectivity index (χ2n) is 4.53. The van der Waals surface area contributed by atoms with E-state index in [2.05, 4.69) is 38.8 Å². The zero-order valence-corrected chi connectivity index (χ0v) is 12.3. The van der Waals surface area contributed by atoms with Crippen molar-refractivity contribution in [3.63, 3.8) is 0 Å². The minimum atomic E-state index is 0.178. The summed E-state index contributed by atoms with van der Waals surface area (Å²) in [6, 6.07) is 4.27. The van der Waals surface area contributed by atoms with Crippen LogP contribution in [-0.2, 0) is 0 Å². The van der Waals surface area contributed by atoms with E-state index < -0.39 is 0 Å². The lowest BCUT2D eigenvalue weighted by molar-refractivity contribution is 0.170. The fourth-order valence-corrected chi connectivity index (χ4v) is 3.09. The third-order valence-corrected chi connectivity index (χ3v) is 4.03. The van der Waals surface area contributed by atoms with Crippen molar-refractivity contribution in [3.05, 3.63) is 22.2 Å². The van der Waals surface area contributed by atoms with Gasteiger partial charge in [-0.3, -0.25) is 4.99 Å². The summed E-state index contributed by atoms with van der Waals surface area (Å²) in [4.78, 5) is 6.42. The third-order valence-electron chi connectivity index (χ3n) is 3.44. The van der Waals surface area contributed by atoms with E-state index in [1.165, 1.54) is 0 Å². The molecule has 0 radical (unpaired) electrons. The molecule has 0 spiro atoms. The summed E-state index contributed by atoms with van der Waals surface area (Å²) >= 11 is 3.54. The number of rotatable bonds is 2. The smallest absolute Gasteiger partial charge is 0.191 e. The quantitative estimate of drug-likeness (QED) is 0.902. The largest absolute Gasteiger partial charge is 0.486 e. The molecule has 0 bridgehead atoms. The van der Waals surface area contributed by atoms with Crippen LogP contribution in [0.5, 0.6) is 11.5 Å². The molecule has 1 unspecified atom stereocenters. The van der Waals surface area contributed by atoms with Gasteiger partial charge >= 0.3 is 0 Å². The van der Waals surface area contributed by atoms with Gasteiger partial charge in [0.15, 0.2) is 17.5 Å². The minimum absolute atomic E-state index is 0.178. The number of hydrogen-bond donors (Lipinski definition) is 1. The molecule has 19 heavy (non-hydrogen) atoms. The number of hydrogen-bond acceptors (Lipinski definition) is 5. The molecule has 1 atom stereocenters. The molecule has 0 fully saturated rings. The summed E-state index contributed by atoms with van der Waals surface area (Å²) in [6.45, 7) is 4.78. The average molecular weight is 326 g/mol. The van der Waals surface area contributed by atoms with Crippen LogP contribution in [0.25, 0.3) is 0 Å². The van der Waals surface area contributed by atoms with Gasteiger partial charge in [-0.2, -0.15) is 0 Å². The van der Waals surface area contributed by atoms with Crippen LogP contribution in [0, 0.1) is 0 Å². The van der Waals surface area contributed by atoms with Gasteiger partial charge < -0.3 is 20.1 Å². The lowest BCUT2D eigenvalue weighted by Crippen LogP contribution is -2.35. The van der Waals surface area contributed by atoms with Crippen molar-refractivity contribution in [2.75, 3.05) is 26.3 Å². The maximum Gasteiger partial charge on any atom is 0.191 e. The molecular formula is C13H16BrN3O2. The van der Waals surface area contributed by atoms with Crippen LogP contribution in [-0.4, -0.2) is 37.2 Å². The molecule has 2 aliphatic rings. The molecule has 2 N–H and O–H groups in total. The Morgan fingerprint density at radius 3 is 3.00 bits per heavy atom. The Hall–Kier alpha value is -1.43. The number of likely N-dealkylation sites (N-methyl/N-ethyl adjacent to an activating group) is 1. The van der Waals surface area contributed by atoms with E-state index >= 15 is 0 Å². The van der Waals surface area contributed by atoms with E-state index in [9.17, 15) is 0 Å². The predicted octanol–water partition coefficient (Wildman–Crippen LogP) is 1.91. The zero-order valence-electron chi connectivity index (χ0n) is 10.7. The number of benzene rings is 1. The minimum Gasteiger partial charge on any atom is -0.486 e. The third kappa shape index (κ3) is 2.14. The lowest BCUT2D eigenvalue weighted by atomic mass is 10.1. The van der Waals surface area contributed by atoms with Crippen LogP contribution >= 0.6 is 15.9 Å². The van der Waals surface area contributed by atoms with Gasteiger partial charge in [0.05, 0.1) is 17.1 Å². The molecule has 0 saturated heterocycles. The first kappa shape index (κ1) is 12.6. The normalized spacial score (nSPS) is 21.5. The monoisotopic (exact) mass is 325 g/mol. The van der Waals surface area contributed by atoms with Crippen molar-refractivity contribution in [3.8, 4) is 11.5 Å². The van der Waals surface area contributed by atoms with Crippen LogP contribution in [0.1, 0.15) is 18.5 Å². The maximum absolute atomic E-state index is 5.90. The number of halogens is 1. The van der Waals surface area contributed by atoms with Crippen LogP contribution in [0.3, 0.4) is 0 Å². The van der Waals surface area contributed by atoms with Gasteiger partial charge in [0, 0.05) is 6.54 Å². The van der Waals surface area contributed by atoms with Crippen LogP contribution < -0.4 is 15.2 Å². The Morgan fingerprint density at radius 1 is 1.42 bits per heavy atom. The van der Waals surface area contributed by atoms with Crippen molar-refractivity contribution >= 4 is 21.9 Å². The van der Waals surface area contributed by atoms with Gasteiger partial charge in [-0.15, -0.1) is 0 Å². The molecule has 102 valence electrons. The Labute approximate surface area is 120 Å². The second-order valence-corrected chi connectivity index (χ2v) is 5.38. The molecular weight excluding hydrogens is 310 g/mol.